The van der Waals surface area contributed by atoms with Crippen LogP contribution in [0, 0.1) is 0 Å². The van der Waals surface area contributed by atoms with Crippen LogP contribution in [-0.4, -0.2) is 50.3 Å². The van der Waals surface area contributed by atoms with Crippen LogP contribution >= 0.6 is 0 Å². The zero-order valence-electron chi connectivity index (χ0n) is 18.8. The molecular formula is C22H36O8. The Bertz CT molecular complexity index is 565. The van der Waals surface area contributed by atoms with E-state index in [9.17, 15) is 19.2 Å². The Hall–Kier alpha value is -2.64. The molecule has 0 aliphatic heterocycles. The molecule has 0 saturated carbocycles. The SMILES string of the molecule is C=C(CC(=O)OCC)C(=O)OCC.C=C(CC(=O)OCCCC)C(=O)OCCCC. The monoisotopic (exact) mass is 428 g/mol. The molecule has 8 heteroatoms. The van der Waals surface area contributed by atoms with Gasteiger partial charge in [0.05, 0.1) is 39.3 Å². The lowest BCUT2D eigenvalue weighted by atomic mass is 10.2. The summed E-state index contributed by atoms with van der Waals surface area (Å²) in [6.07, 6.45) is 3.38. The third kappa shape index (κ3) is 17.5. The standard InChI is InChI=1S/C13H22O4.C9H14O4/c1-4-6-8-16-12(14)10-11(3)13(15)17-9-7-5-2;1-4-12-8(10)6-7(3)9(11)13-5-2/h3-10H2,1-2H3;3-6H2,1-2H3. The van der Waals surface area contributed by atoms with Gasteiger partial charge in [0.2, 0.25) is 0 Å². The molecule has 0 radical (unpaired) electrons. The number of ether oxygens (including phenoxy) is 4. The zero-order chi connectivity index (χ0) is 23.4. The molecule has 0 fully saturated rings. The van der Waals surface area contributed by atoms with Crippen LogP contribution in [-0.2, 0) is 38.1 Å². The van der Waals surface area contributed by atoms with Gasteiger partial charge in [0.1, 0.15) is 0 Å². The van der Waals surface area contributed by atoms with Crippen molar-refractivity contribution < 1.29 is 38.1 Å². The van der Waals surface area contributed by atoms with Gasteiger partial charge in [-0.2, -0.15) is 0 Å². The molecule has 30 heavy (non-hydrogen) atoms. The van der Waals surface area contributed by atoms with E-state index in [1.807, 2.05) is 13.8 Å². The van der Waals surface area contributed by atoms with E-state index < -0.39 is 23.9 Å². The van der Waals surface area contributed by atoms with Crippen molar-refractivity contribution in [2.75, 3.05) is 26.4 Å². The molecule has 0 atom stereocenters. The van der Waals surface area contributed by atoms with Crippen molar-refractivity contribution in [2.45, 2.75) is 66.2 Å². The topological polar surface area (TPSA) is 105 Å². The van der Waals surface area contributed by atoms with Gasteiger partial charge in [0.25, 0.3) is 0 Å². The van der Waals surface area contributed by atoms with Crippen LogP contribution in [0.1, 0.15) is 66.2 Å². The molecule has 0 saturated heterocycles. The van der Waals surface area contributed by atoms with E-state index in [1.54, 1.807) is 13.8 Å². The maximum Gasteiger partial charge on any atom is 0.333 e. The first-order valence-corrected chi connectivity index (χ1v) is 10.2. The lowest BCUT2D eigenvalue weighted by molar-refractivity contribution is -0.146. The maximum absolute atomic E-state index is 11.4. The molecule has 0 rings (SSSR count). The number of esters is 4. The van der Waals surface area contributed by atoms with Crippen molar-refractivity contribution in [1.82, 2.24) is 0 Å². The summed E-state index contributed by atoms with van der Waals surface area (Å²) >= 11 is 0. The summed E-state index contributed by atoms with van der Waals surface area (Å²) in [4.78, 5) is 44.5. The molecule has 0 aliphatic rings. The third-order valence-corrected chi connectivity index (χ3v) is 3.37. The second kappa shape index (κ2) is 19.7. The third-order valence-electron chi connectivity index (χ3n) is 3.37. The average Bonchev–Trinajstić information content (AvgIpc) is 2.69. The van der Waals surface area contributed by atoms with Crippen molar-refractivity contribution in [3.8, 4) is 0 Å². The Morgan fingerprint density at radius 3 is 1.43 bits per heavy atom. The molecule has 8 nitrogen and oxygen atoms in total. The van der Waals surface area contributed by atoms with Gasteiger partial charge in [-0.1, -0.05) is 39.8 Å². The molecule has 172 valence electrons. The van der Waals surface area contributed by atoms with Crippen molar-refractivity contribution in [2.24, 2.45) is 0 Å². The van der Waals surface area contributed by atoms with E-state index in [0.717, 1.165) is 25.7 Å². The Labute approximate surface area is 179 Å². The van der Waals surface area contributed by atoms with E-state index in [-0.39, 0.29) is 30.6 Å². The molecule has 0 heterocycles. The number of hydrogen-bond donors (Lipinski definition) is 0. The molecule has 0 spiro atoms. The van der Waals surface area contributed by atoms with Crippen LogP contribution in [0.5, 0.6) is 0 Å². The van der Waals surface area contributed by atoms with Gasteiger partial charge in [-0.25, -0.2) is 9.59 Å². The second-order valence-electron chi connectivity index (χ2n) is 6.15. The summed E-state index contributed by atoms with van der Waals surface area (Å²) in [5.74, 6) is -1.93. The lowest BCUT2D eigenvalue weighted by Gasteiger charge is -2.07. The second-order valence-corrected chi connectivity index (χ2v) is 6.15. The number of hydrogen-bond acceptors (Lipinski definition) is 8. The van der Waals surface area contributed by atoms with Crippen LogP contribution in [0.15, 0.2) is 24.3 Å². The highest BCUT2D eigenvalue weighted by molar-refractivity contribution is 5.93. The number of unbranched alkanes of at least 4 members (excludes halogenated alkanes) is 2. The van der Waals surface area contributed by atoms with Gasteiger partial charge in [0.15, 0.2) is 0 Å². The molecule has 0 aromatic heterocycles. The first-order valence-electron chi connectivity index (χ1n) is 10.2. The van der Waals surface area contributed by atoms with Gasteiger partial charge in [-0.05, 0) is 26.7 Å². The molecular weight excluding hydrogens is 392 g/mol. The molecule has 0 bridgehead atoms. The Morgan fingerprint density at radius 2 is 1.00 bits per heavy atom. The van der Waals surface area contributed by atoms with Gasteiger partial charge in [-0.15, -0.1) is 0 Å². The highest BCUT2D eigenvalue weighted by Gasteiger charge is 2.14. The van der Waals surface area contributed by atoms with E-state index in [0.29, 0.717) is 19.8 Å². The van der Waals surface area contributed by atoms with Gasteiger partial charge < -0.3 is 18.9 Å². The van der Waals surface area contributed by atoms with E-state index in [4.69, 9.17) is 9.47 Å². The number of rotatable bonds is 14. The lowest BCUT2D eigenvalue weighted by Crippen LogP contribution is -2.13. The van der Waals surface area contributed by atoms with Crippen LogP contribution < -0.4 is 0 Å². The van der Waals surface area contributed by atoms with Gasteiger partial charge in [0, 0.05) is 11.1 Å². The van der Waals surface area contributed by atoms with Crippen molar-refractivity contribution in [3.63, 3.8) is 0 Å². The minimum Gasteiger partial charge on any atom is -0.466 e. The minimum absolute atomic E-state index is 0.0886. The quantitative estimate of drug-likeness (QED) is 0.179. The Balaban J connectivity index is 0. The van der Waals surface area contributed by atoms with Crippen LogP contribution in [0.2, 0.25) is 0 Å². The number of carbonyl (C=O) groups excluding carboxylic acids is 4. The summed E-state index contributed by atoms with van der Waals surface area (Å²) in [7, 11) is 0. The van der Waals surface area contributed by atoms with Gasteiger partial charge in [-0.3, -0.25) is 9.59 Å². The zero-order valence-corrected chi connectivity index (χ0v) is 18.8. The van der Waals surface area contributed by atoms with Crippen molar-refractivity contribution in [3.05, 3.63) is 24.3 Å². The summed E-state index contributed by atoms with van der Waals surface area (Å²) in [6, 6.07) is 0. The maximum atomic E-state index is 11.4. The number of carbonyl (C=O) groups is 4. The fraction of sp³-hybridized carbons (Fsp3) is 0.636. The van der Waals surface area contributed by atoms with E-state index >= 15 is 0 Å². The molecule has 0 aromatic rings. The molecule has 0 N–H and O–H groups in total. The normalized spacial score (nSPS) is 9.47. The Morgan fingerprint density at radius 1 is 0.600 bits per heavy atom. The predicted octanol–water partition coefficient (Wildman–Crippen LogP) is 3.68. The molecule has 0 amide bonds. The van der Waals surface area contributed by atoms with Crippen molar-refractivity contribution in [1.29, 1.82) is 0 Å². The summed E-state index contributed by atoms with van der Waals surface area (Å²) in [5, 5.41) is 0. The summed E-state index contributed by atoms with van der Waals surface area (Å²) in [6.45, 7) is 15.7. The van der Waals surface area contributed by atoms with Crippen LogP contribution in [0.4, 0.5) is 0 Å². The summed E-state index contributed by atoms with van der Waals surface area (Å²) < 4.78 is 19.1. The van der Waals surface area contributed by atoms with Crippen LogP contribution in [0.25, 0.3) is 0 Å². The fourth-order valence-corrected chi connectivity index (χ4v) is 1.73. The molecule has 0 aromatic carbocycles. The smallest absolute Gasteiger partial charge is 0.333 e. The van der Waals surface area contributed by atoms with Gasteiger partial charge >= 0.3 is 23.9 Å². The van der Waals surface area contributed by atoms with E-state index in [1.165, 1.54) is 0 Å². The molecule has 0 unspecified atom stereocenters. The highest BCUT2D eigenvalue weighted by atomic mass is 16.5. The predicted molar refractivity (Wildman–Crippen MR) is 113 cm³/mol. The molecule has 0 aliphatic carbocycles. The average molecular weight is 429 g/mol. The van der Waals surface area contributed by atoms with Crippen LogP contribution in [0.3, 0.4) is 0 Å². The fourth-order valence-electron chi connectivity index (χ4n) is 1.73. The largest absolute Gasteiger partial charge is 0.466 e. The first-order chi connectivity index (χ1) is 14.2. The Kier molecular flexibility index (Phi) is 19.4. The minimum atomic E-state index is -0.546. The van der Waals surface area contributed by atoms with E-state index in [2.05, 4.69) is 22.6 Å². The highest BCUT2D eigenvalue weighted by Crippen LogP contribution is 2.05. The van der Waals surface area contributed by atoms with Crippen molar-refractivity contribution >= 4 is 23.9 Å². The first kappa shape index (κ1) is 29.6. The summed E-state index contributed by atoms with van der Waals surface area (Å²) in [5.41, 5.74) is 0.280.